The van der Waals surface area contributed by atoms with Crippen LogP contribution in [0.15, 0.2) is 0 Å². The van der Waals surface area contributed by atoms with Gasteiger partial charge in [-0.15, -0.1) is 11.8 Å². The maximum Gasteiger partial charge on any atom is 0.235 e. The van der Waals surface area contributed by atoms with E-state index in [-0.39, 0.29) is 5.25 Å². The molecule has 0 aromatic rings. The molecule has 0 bridgehead atoms. The van der Waals surface area contributed by atoms with E-state index in [1.54, 1.807) is 0 Å². The summed E-state index contributed by atoms with van der Waals surface area (Å²) < 4.78 is 0. The molecule has 3 heteroatoms. The van der Waals surface area contributed by atoms with Crippen molar-refractivity contribution in [2.45, 2.75) is 57.7 Å². The van der Waals surface area contributed by atoms with Gasteiger partial charge in [0.1, 0.15) is 0 Å². The van der Waals surface area contributed by atoms with Gasteiger partial charge in [0.2, 0.25) is 5.91 Å². The van der Waals surface area contributed by atoms with Crippen molar-refractivity contribution in [3.63, 3.8) is 0 Å². The van der Waals surface area contributed by atoms with Crippen molar-refractivity contribution in [2.75, 3.05) is 12.3 Å². The normalized spacial score (nSPS) is 22.5. The number of nitrogens with zero attached hydrogens (tertiary/aromatic N) is 1. The number of thioether (sulfide) groups is 1. The van der Waals surface area contributed by atoms with E-state index in [1.165, 1.54) is 19.3 Å². The van der Waals surface area contributed by atoms with E-state index in [2.05, 4.69) is 20.8 Å². The first kappa shape index (κ1) is 12.9. The summed E-state index contributed by atoms with van der Waals surface area (Å²) in [5.41, 5.74) is 0. The Labute approximate surface area is 97.8 Å². The highest BCUT2D eigenvalue weighted by molar-refractivity contribution is 8.00. The molecule has 0 unspecified atom stereocenters. The highest BCUT2D eigenvalue weighted by Crippen LogP contribution is 2.25. The van der Waals surface area contributed by atoms with Crippen molar-refractivity contribution in [1.82, 2.24) is 4.90 Å². The molecule has 88 valence electrons. The molecule has 1 aliphatic rings. The van der Waals surface area contributed by atoms with E-state index >= 15 is 0 Å². The lowest BCUT2D eigenvalue weighted by Crippen LogP contribution is -2.46. The third-order valence-corrected chi connectivity index (χ3v) is 4.23. The molecule has 1 aliphatic heterocycles. The summed E-state index contributed by atoms with van der Waals surface area (Å²) in [6.45, 7) is 7.37. The SMILES string of the molecule is CCCCS[C@H]1CCCN(C(C)C)C1=O. The molecule has 1 heterocycles. The Bertz CT molecular complexity index is 206. The molecule has 1 atom stereocenters. The molecule has 1 saturated heterocycles. The van der Waals surface area contributed by atoms with Gasteiger partial charge in [-0.25, -0.2) is 0 Å². The number of amides is 1. The van der Waals surface area contributed by atoms with Gasteiger partial charge in [0, 0.05) is 12.6 Å². The zero-order chi connectivity index (χ0) is 11.3. The minimum Gasteiger partial charge on any atom is -0.339 e. The van der Waals surface area contributed by atoms with Gasteiger partial charge in [0.15, 0.2) is 0 Å². The smallest absolute Gasteiger partial charge is 0.235 e. The Morgan fingerprint density at radius 1 is 1.53 bits per heavy atom. The Balaban J connectivity index is 2.40. The van der Waals surface area contributed by atoms with Crippen LogP contribution < -0.4 is 0 Å². The Morgan fingerprint density at radius 2 is 2.27 bits per heavy atom. The average Bonchev–Trinajstić information content (AvgIpc) is 2.20. The number of likely N-dealkylation sites (tertiary alicyclic amines) is 1. The van der Waals surface area contributed by atoms with Crippen molar-refractivity contribution >= 4 is 17.7 Å². The summed E-state index contributed by atoms with van der Waals surface area (Å²) >= 11 is 1.86. The fourth-order valence-corrected chi connectivity index (χ4v) is 3.25. The predicted octanol–water partition coefficient (Wildman–Crippen LogP) is 2.92. The van der Waals surface area contributed by atoms with Crippen LogP contribution >= 0.6 is 11.8 Å². The molecule has 0 aliphatic carbocycles. The van der Waals surface area contributed by atoms with Gasteiger partial charge in [-0.3, -0.25) is 4.79 Å². The second kappa shape index (κ2) is 6.41. The lowest BCUT2D eigenvalue weighted by Gasteiger charge is -2.34. The summed E-state index contributed by atoms with van der Waals surface area (Å²) in [6.07, 6.45) is 4.71. The largest absolute Gasteiger partial charge is 0.339 e. The minimum atomic E-state index is 0.243. The number of carbonyl (C=O) groups is 1. The van der Waals surface area contributed by atoms with Gasteiger partial charge in [0.05, 0.1) is 5.25 Å². The van der Waals surface area contributed by atoms with Crippen LogP contribution in [-0.4, -0.2) is 34.4 Å². The molecular weight excluding hydrogens is 206 g/mol. The fraction of sp³-hybridized carbons (Fsp3) is 0.917. The van der Waals surface area contributed by atoms with Crippen LogP contribution in [-0.2, 0) is 4.79 Å². The van der Waals surface area contributed by atoms with Gasteiger partial charge < -0.3 is 4.90 Å². The molecule has 0 radical (unpaired) electrons. The van der Waals surface area contributed by atoms with Crippen LogP contribution in [0.1, 0.15) is 46.5 Å². The predicted molar refractivity (Wildman–Crippen MR) is 67.2 cm³/mol. The zero-order valence-electron chi connectivity index (χ0n) is 10.2. The maximum absolute atomic E-state index is 12.1. The number of piperidine rings is 1. The second-order valence-corrected chi connectivity index (χ2v) is 5.79. The topological polar surface area (TPSA) is 20.3 Å². The highest BCUT2D eigenvalue weighted by atomic mass is 32.2. The zero-order valence-corrected chi connectivity index (χ0v) is 11.0. The first-order valence-electron chi connectivity index (χ1n) is 6.09. The van der Waals surface area contributed by atoms with Crippen LogP contribution in [0.3, 0.4) is 0 Å². The molecule has 0 aromatic heterocycles. The lowest BCUT2D eigenvalue weighted by atomic mass is 10.1. The van der Waals surface area contributed by atoms with Crippen LogP contribution in [0.2, 0.25) is 0 Å². The van der Waals surface area contributed by atoms with Crippen LogP contribution in [0.5, 0.6) is 0 Å². The van der Waals surface area contributed by atoms with Crippen molar-refractivity contribution in [3.8, 4) is 0 Å². The molecule has 1 rings (SSSR count). The van der Waals surface area contributed by atoms with E-state index in [0.29, 0.717) is 11.9 Å². The lowest BCUT2D eigenvalue weighted by molar-refractivity contribution is -0.134. The van der Waals surface area contributed by atoms with Crippen LogP contribution in [0, 0.1) is 0 Å². The molecule has 1 fully saturated rings. The van der Waals surface area contributed by atoms with Gasteiger partial charge in [-0.2, -0.15) is 0 Å². The Kier molecular flexibility index (Phi) is 5.51. The highest BCUT2D eigenvalue weighted by Gasteiger charge is 2.29. The summed E-state index contributed by atoms with van der Waals surface area (Å²) in [5.74, 6) is 1.51. The van der Waals surface area contributed by atoms with Crippen molar-refractivity contribution in [1.29, 1.82) is 0 Å². The van der Waals surface area contributed by atoms with Gasteiger partial charge in [0.25, 0.3) is 0 Å². The molecule has 1 amide bonds. The van der Waals surface area contributed by atoms with Crippen LogP contribution in [0.25, 0.3) is 0 Å². The molecule has 0 spiro atoms. The standard InChI is InChI=1S/C12H23NOS/c1-4-5-9-15-11-7-6-8-13(10(2)3)12(11)14/h10-11H,4-9H2,1-3H3/t11-/m0/s1. The Morgan fingerprint density at radius 3 is 2.87 bits per heavy atom. The molecule has 2 nitrogen and oxygen atoms in total. The van der Waals surface area contributed by atoms with Crippen molar-refractivity contribution in [2.24, 2.45) is 0 Å². The number of hydrogen-bond donors (Lipinski definition) is 0. The van der Waals surface area contributed by atoms with E-state index in [9.17, 15) is 4.79 Å². The van der Waals surface area contributed by atoms with E-state index in [1.807, 2.05) is 16.7 Å². The summed E-state index contributed by atoms with van der Waals surface area (Å²) in [6, 6.07) is 0.368. The number of rotatable bonds is 5. The first-order chi connectivity index (χ1) is 7.16. The summed E-state index contributed by atoms with van der Waals surface area (Å²) in [5, 5.41) is 0.243. The monoisotopic (exact) mass is 229 g/mol. The van der Waals surface area contributed by atoms with Gasteiger partial charge in [-0.05, 0) is 38.9 Å². The van der Waals surface area contributed by atoms with E-state index < -0.39 is 0 Å². The summed E-state index contributed by atoms with van der Waals surface area (Å²) in [7, 11) is 0. The van der Waals surface area contributed by atoms with Crippen molar-refractivity contribution < 1.29 is 4.79 Å². The van der Waals surface area contributed by atoms with E-state index in [4.69, 9.17) is 0 Å². The fourth-order valence-electron chi connectivity index (χ4n) is 1.90. The number of hydrogen-bond acceptors (Lipinski definition) is 2. The number of unbranched alkanes of at least 4 members (excludes halogenated alkanes) is 1. The summed E-state index contributed by atoms with van der Waals surface area (Å²) in [4.78, 5) is 14.1. The van der Waals surface area contributed by atoms with Gasteiger partial charge >= 0.3 is 0 Å². The quantitative estimate of drug-likeness (QED) is 0.676. The van der Waals surface area contributed by atoms with Crippen molar-refractivity contribution in [3.05, 3.63) is 0 Å². The number of carbonyl (C=O) groups excluding carboxylic acids is 1. The first-order valence-corrected chi connectivity index (χ1v) is 7.13. The molecule has 15 heavy (non-hydrogen) atoms. The molecule has 0 N–H and O–H groups in total. The maximum atomic E-state index is 12.1. The third kappa shape index (κ3) is 3.71. The third-order valence-electron chi connectivity index (χ3n) is 2.86. The van der Waals surface area contributed by atoms with E-state index in [0.717, 1.165) is 18.7 Å². The minimum absolute atomic E-state index is 0.243. The average molecular weight is 229 g/mol. The molecular formula is C12H23NOS. The van der Waals surface area contributed by atoms with Crippen LogP contribution in [0.4, 0.5) is 0 Å². The van der Waals surface area contributed by atoms with Gasteiger partial charge in [-0.1, -0.05) is 13.3 Å². The second-order valence-electron chi connectivity index (χ2n) is 4.48. The molecule has 0 saturated carbocycles. The molecule has 0 aromatic carbocycles. The Hall–Kier alpha value is -0.180.